The number of halogens is 1. The van der Waals surface area contributed by atoms with Gasteiger partial charge in [0.2, 0.25) is 11.9 Å². The smallest absolute Gasteiger partial charge is 0.231 e. The van der Waals surface area contributed by atoms with Crippen molar-refractivity contribution < 1.29 is 4.79 Å². The predicted molar refractivity (Wildman–Crippen MR) is 61.2 cm³/mol. The van der Waals surface area contributed by atoms with Crippen LogP contribution >= 0.6 is 11.6 Å². The van der Waals surface area contributed by atoms with Crippen molar-refractivity contribution >= 4 is 23.5 Å². The van der Waals surface area contributed by atoms with Crippen molar-refractivity contribution in [2.45, 2.75) is 6.92 Å². The van der Waals surface area contributed by atoms with Crippen molar-refractivity contribution in [1.82, 2.24) is 15.3 Å². The van der Waals surface area contributed by atoms with Crippen molar-refractivity contribution in [3.05, 3.63) is 17.4 Å². The van der Waals surface area contributed by atoms with E-state index in [0.717, 1.165) is 6.54 Å². The quantitative estimate of drug-likeness (QED) is 0.755. The summed E-state index contributed by atoms with van der Waals surface area (Å²) < 4.78 is 0. The molecule has 1 amide bonds. The van der Waals surface area contributed by atoms with Crippen LogP contribution in [0.3, 0.4) is 0 Å². The molecule has 1 aliphatic heterocycles. The van der Waals surface area contributed by atoms with Crippen LogP contribution in [0.5, 0.6) is 0 Å². The topological polar surface area (TPSA) is 66.9 Å². The number of nitrogens with one attached hydrogen (secondary N) is 2. The van der Waals surface area contributed by atoms with Gasteiger partial charge in [-0.25, -0.2) is 9.97 Å². The van der Waals surface area contributed by atoms with Gasteiger partial charge in [-0.2, -0.15) is 0 Å². The molecule has 2 atom stereocenters. The molecule has 0 bridgehead atoms. The summed E-state index contributed by atoms with van der Waals surface area (Å²) in [6.07, 6.45) is 1.52. The summed E-state index contributed by atoms with van der Waals surface area (Å²) in [5, 5.41) is 6.16. The molecule has 2 unspecified atom stereocenters. The molecule has 1 aromatic rings. The number of hydrogen-bond donors (Lipinski definition) is 2. The lowest BCUT2D eigenvalue weighted by Gasteiger charge is -2.12. The molecule has 1 aliphatic rings. The SMILES string of the molecule is CC1CNCC1C(=O)Nc1nccc(Cl)n1. The van der Waals surface area contributed by atoms with Crippen molar-refractivity contribution in [2.75, 3.05) is 18.4 Å². The third kappa shape index (κ3) is 2.48. The molecule has 2 N–H and O–H groups in total. The van der Waals surface area contributed by atoms with Crippen LogP contribution < -0.4 is 10.6 Å². The van der Waals surface area contributed by atoms with Gasteiger partial charge in [0.05, 0.1) is 5.92 Å². The highest BCUT2D eigenvalue weighted by Crippen LogP contribution is 2.17. The molecule has 1 aromatic heterocycles. The molecule has 5 nitrogen and oxygen atoms in total. The zero-order valence-electron chi connectivity index (χ0n) is 8.90. The maximum atomic E-state index is 11.9. The van der Waals surface area contributed by atoms with Gasteiger partial charge < -0.3 is 5.32 Å². The summed E-state index contributed by atoms with van der Waals surface area (Å²) in [4.78, 5) is 19.7. The Morgan fingerprint density at radius 1 is 1.62 bits per heavy atom. The second kappa shape index (κ2) is 4.76. The van der Waals surface area contributed by atoms with Crippen LogP contribution in [-0.4, -0.2) is 29.0 Å². The van der Waals surface area contributed by atoms with Crippen molar-refractivity contribution in [3.63, 3.8) is 0 Å². The summed E-state index contributed by atoms with van der Waals surface area (Å²) >= 11 is 5.70. The van der Waals surface area contributed by atoms with Gasteiger partial charge in [0.25, 0.3) is 0 Å². The number of anilines is 1. The average Bonchev–Trinajstić information content (AvgIpc) is 2.64. The van der Waals surface area contributed by atoms with E-state index in [1.807, 2.05) is 6.92 Å². The number of amides is 1. The molecule has 2 rings (SSSR count). The minimum Gasteiger partial charge on any atom is -0.316 e. The minimum absolute atomic E-state index is 0.0254. The Hall–Kier alpha value is -1.20. The third-order valence-corrected chi connectivity index (χ3v) is 2.92. The Labute approximate surface area is 98.6 Å². The number of carbonyl (C=O) groups is 1. The highest BCUT2D eigenvalue weighted by molar-refractivity contribution is 6.29. The Balaban J connectivity index is 2.02. The van der Waals surface area contributed by atoms with E-state index in [4.69, 9.17) is 11.6 Å². The normalized spacial score (nSPS) is 24.4. The van der Waals surface area contributed by atoms with Gasteiger partial charge in [-0.1, -0.05) is 18.5 Å². The molecule has 0 spiro atoms. The van der Waals surface area contributed by atoms with Gasteiger partial charge in [0.1, 0.15) is 5.15 Å². The molecular weight excluding hydrogens is 228 g/mol. The Bertz CT molecular complexity index is 398. The fourth-order valence-electron chi connectivity index (χ4n) is 1.76. The number of carbonyl (C=O) groups excluding carboxylic acids is 1. The lowest BCUT2D eigenvalue weighted by molar-refractivity contribution is -0.120. The van der Waals surface area contributed by atoms with Crippen molar-refractivity contribution in [1.29, 1.82) is 0 Å². The van der Waals surface area contributed by atoms with Crippen LogP contribution in [0.25, 0.3) is 0 Å². The minimum atomic E-state index is -0.0558. The fraction of sp³-hybridized carbons (Fsp3) is 0.500. The van der Waals surface area contributed by atoms with Gasteiger partial charge >= 0.3 is 0 Å². The molecule has 6 heteroatoms. The largest absolute Gasteiger partial charge is 0.316 e. The average molecular weight is 241 g/mol. The summed E-state index contributed by atoms with van der Waals surface area (Å²) in [6.45, 7) is 3.62. The van der Waals surface area contributed by atoms with Gasteiger partial charge in [-0.15, -0.1) is 0 Å². The fourth-order valence-corrected chi connectivity index (χ4v) is 1.90. The standard InChI is InChI=1S/C10H13ClN4O/c1-6-4-12-5-7(6)9(16)15-10-13-3-2-8(11)14-10/h2-3,6-7,12H,4-5H2,1H3,(H,13,14,15,16). The second-order valence-corrected chi connectivity index (χ2v) is 4.32. The van der Waals surface area contributed by atoms with Gasteiger partial charge in [-0.3, -0.25) is 10.1 Å². The first-order chi connectivity index (χ1) is 7.66. The van der Waals surface area contributed by atoms with Gasteiger partial charge in [0.15, 0.2) is 0 Å². The number of hydrogen-bond acceptors (Lipinski definition) is 4. The van der Waals surface area contributed by atoms with E-state index in [9.17, 15) is 4.79 Å². The predicted octanol–water partition coefficient (Wildman–Crippen LogP) is 0.924. The van der Waals surface area contributed by atoms with Crippen LogP contribution in [0, 0.1) is 11.8 Å². The maximum Gasteiger partial charge on any atom is 0.231 e. The van der Waals surface area contributed by atoms with Crippen LogP contribution in [0.1, 0.15) is 6.92 Å². The highest BCUT2D eigenvalue weighted by atomic mass is 35.5. The molecule has 2 heterocycles. The zero-order valence-corrected chi connectivity index (χ0v) is 9.66. The highest BCUT2D eigenvalue weighted by Gasteiger charge is 2.29. The molecule has 0 aliphatic carbocycles. The van der Waals surface area contributed by atoms with E-state index in [0.29, 0.717) is 17.6 Å². The summed E-state index contributed by atoms with van der Waals surface area (Å²) in [5.74, 6) is 0.512. The van der Waals surface area contributed by atoms with Crippen molar-refractivity contribution in [2.24, 2.45) is 11.8 Å². The van der Waals surface area contributed by atoms with Crippen LogP contribution in [-0.2, 0) is 4.79 Å². The summed E-state index contributed by atoms with van der Waals surface area (Å²) in [7, 11) is 0. The summed E-state index contributed by atoms with van der Waals surface area (Å²) in [6, 6.07) is 1.57. The van der Waals surface area contributed by atoms with E-state index in [1.54, 1.807) is 6.07 Å². The van der Waals surface area contributed by atoms with E-state index in [-0.39, 0.29) is 17.8 Å². The number of aromatic nitrogens is 2. The Kier molecular flexibility index (Phi) is 3.36. The third-order valence-electron chi connectivity index (χ3n) is 2.71. The first-order valence-electron chi connectivity index (χ1n) is 5.17. The lowest BCUT2D eigenvalue weighted by atomic mass is 9.97. The maximum absolute atomic E-state index is 11.9. The number of rotatable bonds is 2. The number of nitrogens with zero attached hydrogens (tertiary/aromatic N) is 2. The van der Waals surface area contributed by atoms with Crippen LogP contribution in [0.2, 0.25) is 5.15 Å². The van der Waals surface area contributed by atoms with Crippen LogP contribution in [0.15, 0.2) is 12.3 Å². The van der Waals surface area contributed by atoms with E-state index in [2.05, 4.69) is 20.6 Å². The summed E-state index contributed by atoms with van der Waals surface area (Å²) in [5.41, 5.74) is 0. The Morgan fingerprint density at radius 3 is 3.06 bits per heavy atom. The van der Waals surface area contributed by atoms with E-state index >= 15 is 0 Å². The van der Waals surface area contributed by atoms with E-state index < -0.39 is 0 Å². The first kappa shape index (κ1) is 11.3. The molecule has 1 saturated heterocycles. The van der Waals surface area contributed by atoms with E-state index in [1.165, 1.54) is 6.20 Å². The molecule has 16 heavy (non-hydrogen) atoms. The molecule has 0 radical (unpaired) electrons. The van der Waals surface area contributed by atoms with Gasteiger partial charge in [-0.05, 0) is 18.5 Å². The monoisotopic (exact) mass is 240 g/mol. The van der Waals surface area contributed by atoms with Crippen LogP contribution in [0.4, 0.5) is 5.95 Å². The zero-order chi connectivity index (χ0) is 11.5. The first-order valence-corrected chi connectivity index (χ1v) is 5.55. The molecule has 1 fully saturated rings. The molecule has 86 valence electrons. The lowest BCUT2D eigenvalue weighted by Crippen LogP contribution is -2.28. The molecular formula is C10H13ClN4O. The molecule has 0 aromatic carbocycles. The van der Waals surface area contributed by atoms with Gasteiger partial charge in [0, 0.05) is 12.7 Å². The Morgan fingerprint density at radius 2 is 2.44 bits per heavy atom. The molecule has 0 saturated carbocycles. The van der Waals surface area contributed by atoms with Crippen molar-refractivity contribution in [3.8, 4) is 0 Å². The second-order valence-electron chi connectivity index (χ2n) is 3.93.